The van der Waals surface area contributed by atoms with Crippen LogP contribution >= 0.6 is 15.9 Å². The molecular formula is C22H21BrN4O. The molecule has 1 N–H and O–H groups in total. The first-order valence-corrected chi connectivity index (χ1v) is 10.2. The van der Waals surface area contributed by atoms with E-state index >= 15 is 0 Å². The molecule has 2 aromatic carbocycles. The highest BCUT2D eigenvalue weighted by Gasteiger charge is 2.26. The molecule has 6 heteroatoms. The monoisotopic (exact) mass is 436 g/mol. The molecule has 3 aromatic rings. The Morgan fingerprint density at radius 2 is 1.75 bits per heavy atom. The van der Waals surface area contributed by atoms with E-state index in [0.29, 0.717) is 12.5 Å². The highest BCUT2D eigenvalue weighted by molar-refractivity contribution is 9.10. The van der Waals surface area contributed by atoms with Crippen LogP contribution in [0.3, 0.4) is 0 Å². The Kier molecular flexibility index (Phi) is 5.67. The number of nitrogens with one attached hydrogen (secondary N) is 1. The lowest BCUT2D eigenvalue weighted by atomic mass is 9.97. The summed E-state index contributed by atoms with van der Waals surface area (Å²) in [6.45, 7) is 1.41. The van der Waals surface area contributed by atoms with Crippen molar-refractivity contribution in [1.82, 2.24) is 14.9 Å². The van der Waals surface area contributed by atoms with E-state index in [9.17, 15) is 4.79 Å². The summed E-state index contributed by atoms with van der Waals surface area (Å²) in [6, 6.07) is 18.0. The summed E-state index contributed by atoms with van der Waals surface area (Å²) >= 11 is 3.35. The third kappa shape index (κ3) is 4.22. The molecule has 0 bridgehead atoms. The van der Waals surface area contributed by atoms with Crippen LogP contribution in [0, 0.1) is 0 Å². The highest BCUT2D eigenvalue weighted by Crippen LogP contribution is 2.26. The number of amides is 1. The van der Waals surface area contributed by atoms with Crippen LogP contribution in [-0.4, -0.2) is 39.9 Å². The quantitative estimate of drug-likeness (QED) is 0.647. The maximum Gasteiger partial charge on any atom is 0.254 e. The summed E-state index contributed by atoms with van der Waals surface area (Å²) in [7, 11) is 0. The molecule has 0 saturated carbocycles. The number of nitrogens with zero attached hydrogens (tertiary/aromatic N) is 3. The van der Waals surface area contributed by atoms with E-state index in [4.69, 9.17) is 0 Å². The number of halogens is 1. The molecule has 5 nitrogen and oxygen atoms in total. The molecule has 1 atom stereocenters. The van der Waals surface area contributed by atoms with Crippen LogP contribution in [0.1, 0.15) is 23.2 Å². The Hall–Kier alpha value is -2.73. The van der Waals surface area contributed by atoms with Gasteiger partial charge in [0.05, 0.1) is 4.47 Å². The van der Waals surface area contributed by atoms with Gasteiger partial charge in [-0.2, -0.15) is 0 Å². The Morgan fingerprint density at radius 1 is 1.04 bits per heavy atom. The number of carbonyl (C=O) groups excluding carboxylic acids is 1. The van der Waals surface area contributed by atoms with Crippen molar-refractivity contribution in [3.8, 4) is 11.1 Å². The molecule has 1 saturated heterocycles. The fraction of sp³-hybridized carbons (Fsp3) is 0.227. The van der Waals surface area contributed by atoms with Crippen molar-refractivity contribution in [2.24, 2.45) is 0 Å². The molecule has 1 fully saturated rings. The van der Waals surface area contributed by atoms with Gasteiger partial charge < -0.3 is 10.2 Å². The van der Waals surface area contributed by atoms with Crippen molar-refractivity contribution in [3.63, 3.8) is 0 Å². The van der Waals surface area contributed by atoms with Crippen molar-refractivity contribution in [2.75, 3.05) is 18.4 Å². The van der Waals surface area contributed by atoms with Crippen LogP contribution in [0.15, 0.2) is 71.5 Å². The highest BCUT2D eigenvalue weighted by atomic mass is 79.9. The molecule has 0 radical (unpaired) electrons. The number of piperidine rings is 1. The molecular weight excluding hydrogens is 416 g/mol. The van der Waals surface area contributed by atoms with E-state index < -0.39 is 0 Å². The zero-order chi connectivity index (χ0) is 19.3. The minimum atomic E-state index is 0.0719. The van der Waals surface area contributed by atoms with Crippen molar-refractivity contribution in [3.05, 3.63) is 77.0 Å². The molecule has 1 aromatic heterocycles. The van der Waals surface area contributed by atoms with Gasteiger partial charge in [0.1, 0.15) is 0 Å². The second kappa shape index (κ2) is 8.52. The lowest BCUT2D eigenvalue weighted by molar-refractivity contribution is 0.0715. The first-order chi connectivity index (χ1) is 13.7. The summed E-state index contributed by atoms with van der Waals surface area (Å²) in [4.78, 5) is 23.8. The van der Waals surface area contributed by atoms with Gasteiger partial charge in [-0.25, -0.2) is 9.97 Å². The van der Waals surface area contributed by atoms with Crippen LogP contribution < -0.4 is 5.32 Å². The van der Waals surface area contributed by atoms with Crippen LogP contribution in [-0.2, 0) is 0 Å². The first-order valence-electron chi connectivity index (χ1n) is 9.38. The van der Waals surface area contributed by atoms with Gasteiger partial charge in [0, 0.05) is 37.1 Å². The largest absolute Gasteiger partial charge is 0.350 e. The number of hydrogen-bond donors (Lipinski definition) is 1. The van der Waals surface area contributed by atoms with Crippen molar-refractivity contribution in [2.45, 2.75) is 18.9 Å². The molecule has 1 aliphatic heterocycles. The van der Waals surface area contributed by atoms with Crippen LogP contribution in [0.2, 0.25) is 0 Å². The zero-order valence-electron chi connectivity index (χ0n) is 15.4. The van der Waals surface area contributed by atoms with Crippen molar-refractivity contribution in [1.29, 1.82) is 0 Å². The van der Waals surface area contributed by atoms with Crippen molar-refractivity contribution >= 4 is 27.8 Å². The van der Waals surface area contributed by atoms with E-state index in [2.05, 4.69) is 31.2 Å². The number of hydrogen-bond acceptors (Lipinski definition) is 4. The van der Waals surface area contributed by atoms with E-state index in [1.165, 1.54) is 0 Å². The molecule has 1 aliphatic rings. The topological polar surface area (TPSA) is 58.1 Å². The van der Waals surface area contributed by atoms with Gasteiger partial charge in [-0.3, -0.25) is 4.79 Å². The number of benzene rings is 2. The van der Waals surface area contributed by atoms with Crippen LogP contribution in [0.5, 0.6) is 0 Å². The first kappa shape index (κ1) is 18.6. The summed E-state index contributed by atoms with van der Waals surface area (Å²) < 4.78 is 0.844. The lowest BCUT2D eigenvalue weighted by Gasteiger charge is -2.33. The van der Waals surface area contributed by atoms with Crippen molar-refractivity contribution < 1.29 is 4.79 Å². The average molecular weight is 437 g/mol. The minimum absolute atomic E-state index is 0.0719. The summed E-state index contributed by atoms with van der Waals surface area (Å²) in [5.74, 6) is 0.662. The van der Waals surface area contributed by atoms with Gasteiger partial charge in [-0.1, -0.05) is 48.5 Å². The van der Waals surface area contributed by atoms with E-state index in [0.717, 1.165) is 40.5 Å². The molecule has 142 valence electrons. The third-order valence-corrected chi connectivity index (χ3v) is 5.31. The van der Waals surface area contributed by atoms with E-state index in [-0.39, 0.29) is 11.9 Å². The van der Waals surface area contributed by atoms with Gasteiger partial charge in [-0.15, -0.1) is 0 Å². The number of likely N-dealkylation sites (tertiary alicyclic amines) is 1. The summed E-state index contributed by atoms with van der Waals surface area (Å²) in [5.41, 5.74) is 2.77. The number of carbonyl (C=O) groups is 1. The fourth-order valence-corrected chi connectivity index (χ4v) is 3.76. The fourth-order valence-electron chi connectivity index (χ4n) is 3.56. The molecule has 1 amide bonds. The van der Waals surface area contributed by atoms with E-state index in [1.54, 1.807) is 12.4 Å². The zero-order valence-corrected chi connectivity index (χ0v) is 17.0. The Labute approximate surface area is 173 Å². The average Bonchev–Trinajstić information content (AvgIpc) is 2.76. The maximum absolute atomic E-state index is 13.3. The predicted octanol–water partition coefficient (Wildman–Crippen LogP) is 4.62. The SMILES string of the molecule is O=C(c1ccccc1-c1ccccc1)N1CCC[C@@H](Nc2ncc(Br)cn2)C1. The minimum Gasteiger partial charge on any atom is -0.350 e. The van der Waals surface area contributed by atoms with Gasteiger partial charge in [-0.05, 0) is 46.0 Å². The molecule has 0 unspecified atom stereocenters. The summed E-state index contributed by atoms with van der Waals surface area (Å²) in [5, 5.41) is 3.35. The smallest absolute Gasteiger partial charge is 0.254 e. The Morgan fingerprint density at radius 3 is 2.54 bits per heavy atom. The lowest BCUT2D eigenvalue weighted by Crippen LogP contribution is -2.45. The number of aromatic nitrogens is 2. The number of rotatable bonds is 4. The molecule has 2 heterocycles. The molecule has 4 rings (SSSR count). The predicted molar refractivity (Wildman–Crippen MR) is 114 cm³/mol. The normalized spacial score (nSPS) is 16.6. The second-order valence-electron chi connectivity index (χ2n) is 6.87. The number of anilines is 1. The Balaban J connectivity index is 1.51. The van der Waals surface area contributed by atoms with Crippen LogP contribution in [0.25, 0.3) is 11.1 Å². The van der Waals surface area contributed by atoms with Crippen LogP contribution in [0.4, 0.5) is 5.95 Å². The third-order valence-electron chi connectivity index (χ3n) is 4.90. The molecule has 0 spiro atoms. The van der Waals surface area contributed by atoms with Gasteiger partial charge in [0.15, 0.2) is 0 Å². The van der Waals surface area contributed by atoms with Gasteiger partial charge in [0.25, 0.3) is 5.91 Å². The van der Waals surface area contributed by atoms with E-state index in [1.807, 2.05) is 59.5 Å². The second-order valence-corrected chi connectivity index (χ2v) is 7.79. The van der Waals surface area contributed by atoms with Gasteiger partial charge in [0.2, 0.25) is 5.95 Å². The molecule has 0 aliphatic carbocycles. The summed E-state index contributed by atoms with van der Waals surface area (Å²) in [6.07, 6.45) is 5.38. The Bertz CT molecular complexity index is 946. The maximum atomic E-state index is 13.3. The molecule has 28 heavy (non-hydrogen) atoms. The standard InChI is InChI=1S/C22H21BrN4O/c23-17-13-24-22(25-14-17)26-18-9-6-12-27(15-18)21(28)20-11-5-4-10-19(20)16-7-2-1-3-8-16/h1-5,7-8,10-11,13-14,18H,6,9,12,15H2,(H,24,25,26)/t18-/m1/s1. The van der Waals surface area contributed by atoms with Gasteiger partial charge >= 0.3 is 0 Å².